The number of nitrogens with one attached hydrogen (secondary N) is 1. The average molecular weight is 332 g/mol. The van der Waals surface area contributed by atoms with Crippen LogP contribution >= 0.6 is 0 Å². The van der Waals surface area contributed by atoms with Crippen molar-refractivity contribution in [1.29, 1.82) is 5.26 Å². The Balaban J connectivity index is 2.03. The van der Waals surface area contributed by atoms with Gasteiger partial charge in [0.15, 0.2) is 0 Å². The third kappa shape index (κ3) is 4.88. The molecule has 23 heavy (non-hydrogen) atoms. The van der Waals surface area contributed by atoms with Crippen LogP contribution in [0.25, 0.3) is 0 Å². The number of nitriles is 1. The molecule has 2 rings (SSSR count). The second-order valence-electron chi connectivity index (χ2n) is 5.33. The van der Waals surface area contributed by atoms with Gasteiger partial charge >= 0.3 is 0 Å². The van der Waals surface area contributed by atoms with Gasteiger partial charge in [-0.3, -0.25) is 0 Å². The maximum atomic E-state index is 13.7. The third-order valence-electron chi connectivity index (χ3n) is 3.50. The number of hydrogen-bond donors (Lipinski definition) is 1. The summed E-state index contributed by atoms with van der Waals surface area (Å²) in [5, 5.41) is 8.81. The van der Waals surface area contributed by atoms with Crippen molar-refractivity contribution in [3.05, 3.63) is 71.0 Å². The van der Waals surface area contributed by atoms with Gasteiger partial charge in [0.1, 0.15) is 5.82 Å². The monoisotopic (exact) mass is 332 g/mol. The van der Waals surface area contributed by atoms with E-state index in [0.29, 0.717) is 5.56 Å². The van der Waals surface area contributed by atoms with Gasteiger partial charge in [-0.25, -0.2) is 17.5 Å². The average Bonchev–Trinajstić information content (AvgIpc) is 2.54. The van der Waals surface area contributed by atoms with Crippen LogP contribution in [-0.2, 0) is 16.6 Å². The first-order valence-electron chi connectivity index (χ1n) is 7.12. The van der Waals surface area contributed by atoms with Gasteiger partial charge in [-0.1, -0.05) is 37.3 Å². The highest BCUT2D eigenvalue weighted by atomic mass is 32.2. The minimum absolute atomic E-state index is 0.0867. The quantitative estimate of drug-likeness (QED) is 0.884. The standard InChI is InChI=1S/C17H17FN2O2S/c1-13(15-5-3-2-4-6-15)12-23(21,22)20-11-16-9-14(10-19)7-8-17(16)18/h2-9,13,20H,11-12H2,1H3/t13-/m0/s1. The zero-order valence-corrected chi connectivity index (χ0v) is 13.5. The van der Waals surface area contributed by atoms with Gasteiger partial charge in [0, 0.05) is 12.1 Å². The molecule has 0 spiro atoms. The molecule has 0 heterocycles. The highest BCUT2D eigenvalue weighted by Crippen LogP contribution is 2.17. The fourth-order valence-electron chi connectivity index (χ4n) is 2.23. The van der Waals surface area contributed by atoms with Crippen LogP contribution < -0.4 is 4.72 Å². The van der Waals surface area contributed by atoms with E-state index >= 15 is 0 Å². The number of benzene rings is 2. The topological polar surface area (TPSA) is 70.0 Å². The molecule has 0 saturated carbocycles. The molecule has 1 N–H and O–H groups in total. The molecule has 0 bridgehead atoms. The summed E-state index contributed by atoms with van der Waals surface area (Å²) in [6, 6.07) is 15.1. The highest BCUT2D eigenvalue weighted by molar-refractivity contribution is 7.89. The van der Waals surface area contributed by atoms with E-state index in [1.54, 1.807) is 0 Å². The summed E-state index contributed by atoms with van der Waals surface area (Å²) in [5.74, 6) is -0.803. The van der Waals surface area contributed by atoms with Crippen molar-refractivity contribution in [3.63, 3.8) is 0 Å². The van der Waals surface area contributed by atoms with E-state index in [-0.39, 0.29) is 23.8 Å². The lowest BCUT2D eigenvalue weighted by atomic mass is 10.0. The van der Waals surface area contributed by atoms with Crippen LogP contribution in [0, 0.1) is 17.1 Å². The Bertz CT molecular complexity index is 814. The van der Waals surface area contributed by atoms with E-state index < -0.39 is 15.8 Å². The minimum atomic E-state index is -3.56. The molecule has 6 heteroatoms. The Kier molecular flexibility index (Phi) is 5.48. The Morgan fingerprint density at radius 2 is 1.91 bits per heavy atom. The van der Waals surface area contributed by atoms with Crippen molar-refractivity contribution in [3.8, 4) is 6.07 Å². The van der Waals surface area contributed by atoms with Crippen LogP contribution in [0.2, 0.25) is 0 Å². The number of halogens is 1. The van der Waals surface area contributed by atoms with Crippen LogP contribution in [0.15, 0.2) is 48.5 Å². The van der Waals surface area contributed by atoms with E-state index in [4.69, 9.17) is 5.26 Å². The molecule has 0 amide bonds. The number of sulfonamides is 1. The lowest BCUT2D eigenvalue weighted by Crippen LogP contribution is -2.28. The molecule has 120 valence electrons. The zero-order valence-electron chi connectivity index (χ0n) is 12.7. The second-order valence-corrected chi connectivity index (χ2v) is 7.18. The molecule has 2 aromatic carbocycles. The van der Waals surface area contributed by atoms with Crippen molar-refractivity contribution < 1.29 is 12.8 Å². The molecule has 4 nitrogen and oxygen atoms in total. The molecule has 2 aromatic rings. The van der Waals surface area contributed by atoms with Crippen molar-refractivity contribution in [2.75, 3.05) is 5.75 Å². The van der Waals surface area contributed by atoms with Gasteiger partial charge < -0.3 is 0 Å². The summed E-state index contributed by atoms with van der Waals surface area (Å²) in [6.45, 7) is 1.65. The molecule has 0 aromatic heterocycles. The summed E-state index contributed by atoms with van der Waals surface area (Å²) in [6.07, 6.45) is 0. The predicted molar refractivity (Wildman–Crippen MR) is 86.6 cm³/mol. The summed E-state index contributed by atoms with van der Waals surface area (Å²) in [7, 11) is -3.56. The zero-order chi connectivity index (χ0) is 16.9. The van der Waals surface area contributed by atoms with Crippen LogP contribution in [0.4, 0.5) is 4.39 Å². The van der Waals surface area contributed by atoms with Crippen molar-refractivity contribution in [1.82, 2.24) is 4.72 Å². The highest BCUT2D eigenvalue weighted by Gasteiger charge is 2.17. The molecule has 1 atom stereocenters. The minimum Gasteiger partial charge on any atom is -0.212 e. The van der Waals surface area contributed by atoms with Gasteiger partial charge in [0.2, 0.25) is 10.0 Å². The van der Waals surface area contributed by atoms with Crippen LogP contribution in [0.1, 0.15) is 29.5 Å². The smallest absolute Gasteiger partial charge is 0.212 e. The molecule has 0 aliphatic carbocycles. The predicted octanol–water partition coefficient (Wildman–Crippen LogP) is 2.92. The van der Waals surface area contributed by atoms with Gasteiger partial charge in [0.05, 0.1) is 17.4 Å². The molecule has 0 saturated heterocycles. The van der Waals surface area contributed by atoms with E-state index in [0.717, 1.165) is 11.6 Å². The molecular weight excluding hydrogens is 315 g/mol. The van der Waals surface area contributed by atoms with E-state index in [9.17, 15) is 12.8 Å². The second kappa shape index (κ2) is 7.36. The van der Waals surface area contributed by atoms with Crippen molar-refractivity contribution in [2.24, 2.45) is 0 Å². The summed E-state index contributed by atoms with van der Waals surface area (Å²) < 4.78 is 40.4. The van der Waals surface area contributed by atoms with Crippen molar-refractivity contribution >= 4 is 10.0 Å². The molecule has 0 fully saturated rings. The molecule has 0 aliphatic heterocycles. The Hall–Kier alpha value is -2.23. The fourth-order valence-corrected chi connectivity index (χ4v) is 3.58. The maximum absolute atomic E-state index is 13.7. The number of nitrogens with zero attached hydrogens (tertiary/aromatic N) is 1. The third-order valence-corrected chi connectivity index (χ3v) is 5.02. The first-order chi connectivity index (χ1) is 10.9. The summed E-state index contributed by atoms with van der Waals surface area (Å²) in [4.78, 5) is 0. The molecule has 0 aliphatic rings. The fraction of sp³-hybridized carbons (Fsp3) is 0.235. The first-order valence-corrected chi connectivity index (χ1v) is 8.77. The van der Waals surface area contributed by atoms with Crippen LogP contribution in [0.3, 0.4) is 0 Å². The van der Waals surface area contributed by atoms with E-state index in [1.807, 2.05) is 43.3 Å². The van der Waals surface area contributed by atoms with E-state index in [2.05, 4.69) is 4.72 Å². The molecule has 0 radical (unpaired) electrons. The first kappa shape index (κ1) is 17.1. The normalized spacial score (nSPS) is 12.6. The molecular formula is C17H17FN2O2S. The van der Waals surface area contributed by atoms with Crippen LogP contribution in [0.5, 0.6) is 0 Å². The lowest BCUT2D eigenvalue weighted by Gasteiger charge is -2.13. The number of hydrogen-bond acceptors (Lipinski definition) is 3. The summed E-state index contributed by atoms with van der Waals surface area (Å²) >= 11 is 0. The largest absolute Gasteiger partial charge is 0.212 e. The van der Waals surface area contributed by atoms with Crippen LogP contribution in [-0.4, -0.2) is 14.2 Å². The molecule has 0 unspecified atom stereocenters. The Labute approximate surface area is 135 Å². The lowest BCUT2D eigenvalue weighted by molar-refractivity contribution is 0.569. The Morgan fingerprint density at radius 3 is 2.57 bits per heavy atom. The van der Waals surface area contributed by atoms with Gasteiger partial charge in [0.25, 0.3) is 0 Å². The van der Waals surface area contributed by atoms with Gasteiger partial charge in [-0.15, -0.1) is 0 Å². The maximum Gasteiger partial charge on any atom is 0.212 e. The van der Waals surface area contributed by atoms with Crippen molar-refractivity contribution in [2.45, 2.75) is 19.4 Å². The SMILES string of the molecule is C[C@@H](CS(=O)(=O)NCc1cc(C#N)ccc1F)c1ccccc1. The number of rotatable bonds is 6. The Morgan fingerprint density at radius 1 is 1.22 bits per heavy atom. The van der Waals surface area contributed by atoms with E-state index in [1.165, 1.54) is 12.1 Å². The van der Waals surface area contributed by atoms with Gasteiger partial charge in [-0.2, -0.15) is 5.26 Å². The van der Waals surface area contributed by atoms with Gasteiger partial charge in [-0.05, 0) is 29.7 Å². The summed E-state index contributed by atoms with van der Waals surface area (Å²) in [5.41, 5.74) is 1.37.